The Kier molecular flexibility index (Phi) is 4.98. The Hall–Kier alpha value is -3.29. The normalized spacial score (nSPS) is 10.1. The molecule has 23 heavy (non-hydrogen) atoms. The number of nitro benzene ring substituents is 1. The zero-order valence-corrected chi connectivity index (χ0v) is 12.3. The average molecular weight is 313 g/mol. The Balaban J connectivity index is 2.43. The van der Waals surface area contributed by atoms with E-state index in [4.69, 9.17) is 0 Å². The van der Waals surface area contributed by atoms with E-state index in [1.165, 1.54) is 40.4 Å². The van der Waals surface area contributed by atoms with Gasteiger partial charge in [-0.2, -0.15) is 5.10 Å². The summed E-state index contributed by atoms with van der Waals surface area (Å²) in [5, 5.41) is 15.2. The van der Waals surface area contributed by atoms with E-state index in [-0.39, 0.29) is 22.8 Å². The summed E-state index contributed by atoms with van der Waals surface area (Å²) in [6, 6.07) is 4.23. The maximum atomic E-state index is 12.5. The molecule has 0 aliphatic rings. The smallest absolute Gasteiger partial charge is 0.295 e. The van der Waals surface area contributed by atoms with Gasteiger partial charge in [-0.3, -0.25) is 14.9 Å². The van der Waals surface area contributed by atoms with Gasteiger partial charge in [0.05, 0.1) is 4.92 Å². The number of aromatic nitrogens is 3. The number of nitrogens with zero attached hydrogens (tertiary/aromatic N) is 5. The molecule has 0 N–H and O–H groups in total. The van der Waals surface area contributed by atoms with Gasteiger partial charge < -0.3 is 4.90 Å². The molecule has 1 amide bonds. The van der Waals surface area contributed by atoms with Crippen LogP contribution in [0.25, 0.3) is 5.69 Å². The fraction of sp³-hybridized carbons (Fsp3) is 0.133. The first kappa shape index (κ1) is 16.1. The molecule has 0 spiro atoms. The first-order chi connectivity index (χ1) is 11.1. The fourth-order valence-electron chi connectivity index (χ4n) is 2.06. The maximum Gasteiger partial charge on any atom is 0.295 e. The van der Waals surface area contributed by atoms with Gasteiger partial charge in [0.2, 0.25) is 0 Å². The third-order valence-corrected chi connectivity index (χ3v) is 3.07. The number of nitro groups is 1. The molecule has 0 saturated carbocycles. The Bertz CT molecular complexity index is 730. The van der Waals surface area contributed by atoms with E-state index in [9.17, 15) is 14.9 Å². The molecule has 1 aromatic carbocycles. The van der Waals surface area contributed by atoms with Crippen molar-refractivity contribution in [3.8, 4) is 5.69 Å². The number of rotatable bonds is 7. The minimum atomic E-state index is -0.556. The maximum absolute atomic E-state index is 12.5. The topological polar surface area (TPSA) is 94.2 Å². The lowest BCUT2D eigenvalue weighted by Gasteiger charge is -2.19. The van der Waals surface area contributed by atoms with Gasteiger partial charge in [-0.25, -0.2) is 9.67 Å². The summed E-state index contributed by atoms with van der Waals surface area (Å²) >= 11 is 0. The average Bonchev–Trinajstić information content (AvgIpc) is 3.07. The van der Waals surface area contributed by atoms with Crippen molar-refractivity contribution in [1.82, 2.24) is 19.7 Å². The molecule has 118 valence electrons. The quantitative estimate of drug-likeness (QED) is 0.442. The zero-order chi connectivity index (χ0) is 16.8. The highest BCUT2D eigenvalue weighted by atomic mass is 16.6. The number of benzene rings is 1. The van der Waals surface area contributed by atoms with E-state index in [0.29, 0.717) is 13.1 Å². The molecule has 8 heteroatoms. The lowest BCUT2D eigenvalue weighted by Crippen LogP contribution is -2.31. The Labute approximate surface area is 132 Å². The summed E-state index contributed by atoms with van der Waals surface area (Å²) in [6.45, 7) is 7.84. The van der Waals surface area contributed by atoms with E-state index in [0.717, 1.165) is 0 Å². The zero-order valence-electron chi connectivity index (χ0n) is 12.3. The molecule has 0 fully saturated rings. The highest BCUT2D eigenvalue weighted by Crippen LogP contribution is 2.24. The van der Waals surface area contributed by atoms with E-state index in [1.54, 1.807) is 12.2 Å². The van der Waals surface area contributed by atoms with Gasteiger partial charge in [-0.1, -0.05) is 12.2 Å². The van der Waals surface area contributed by atoms with Crippen molar-refractivity contribution in [2.24, 2.45) is 0 Å². The van der Waals surface area contributed by atoms with Gasteiger partial charge in [0, 0.05) is 24.7 Å². The van der Waals surface area contributed by atoms with Crippen LogP contribution in [0, 0.1) is 10.1 Å². The van der Waals surface area contributed by atoms with Crippen LogP contribution in [0.2, 0.25) is 0 Å². The third kappa shape index (κ3) is 3.49. The lowest BCUT2D eigenvalue weighted by atomic mass is 10.1. The fourth-order valence-corrected chi connectivity index (χ4v) is 2.06. The number of carbonyl (C=O) groups excluding carboxylic acids is 1. The Morgan fingerprint density at radius 1 is 1.35 bits per heavy atom. The first-order valence-corrected chi connectivity index (χ1v) is 6.73. The lowest BCUT2D eigenvalue weighted by molar-refractivity contribution is -0.384. The molecule has 0 aliphatic carbocycles. The summed E-state index contributed by atoms with van der Waals surface area (Å²) in [4.78, 5) is 28.5. The predicted molar refractivity (Wildman–Crippen MR) is 84.3 cm³/mol. The highest BCUT2D eigenvalue weighted by Gasteiger charge is 2.21. The molecular formula is C15H15N5O3. The van der Waals surface area contributed by atoms with E-state index < -0.39 is 4.92 Å². The largest absolute Gasteiger partial charge is 0.331 e. The molecule has 8 nitrogen and oxygen atoms in total. The van der Waals surface area contributed by atoms with E-state index >= 15 is 0 Å². The van der Waals surface area contributed by atoms with Crippen molar-refractivity contribution in [2.75, 3.05) is 13.1 Å². The van der Waals surface area contributed by atoms with Crippen LogP contribution in [0.1, 0.15) is 10.4 Å². The second-order valence-electron chi connectivity index (χ2n) is 4.59. The third-order valence-electron chi connectivity index (χ3n) is 3.07. The van der Waals surface area contributed by atoms with Crippen LogP contribution in [0.3, 0.4) is 0 Å². The minimum absolute atomic E-state index is 0.212. The van der Waals surface area contributed by atoms with Crippen LogP contribution in [0.5, 0.6) is 0 Å². The summed E-state index contributed by atoms with van der Waals surface area (Å²) in [6.07, 6.45) is 5.80. The Morgan fingerprint density at radius 2 is 2.04 bits per heavy atom. The molecule has 1 aromatic heterocycles. The van der Waals surface area contributed by atoms with Crippen LogP contribution in [-0.2, 0) is 0 Å². The molecule has 2 rings (SSSR count). The van der Waals surface area contributed by atoms with Crippen molar-refractivity contribution < 1.29 is 9.72 Å². The van der Waals surface area contributed by atoms with Crippen molar-refractivity contribution in [3.63, 3.8) is 0 Å². The summed E-state index contributed by atoms with van der Waals surface area (Å²) in [7, 11) is 0. The van der Waals surface area contributed by atoms with E-state index in [1.807, 2.05) is 0 Å². The number of amides is 1. The molecule has 1 heterocycles. The van der Waals surface area contributed by atoms with Gasteiger partial charge >= 0.3 is 0 Å². The molecule has 0 bridgehead atoms. The molecule has 0 saturated heterocycles. The van der Waals surface area contributed by atoms with Crippen molar-refractivity contribution in [1.29, 1.82) is 0 Å². The standard InChI is InChI=1S/C15H15N5O3/c1-3-7-18(8-4-2)15(21)12-5-6-13(14(9-12)20(22)23)19-11-16-10-17-19/h3-6,9-11H,1-2,7-8H2. The molecular weight excluding hydrogens is 298 g/mol. The number of carbonyl (C=O) groups is 1. The van der Waals surface area contributed by atoms with Crippen LogP contribution >= 0.6 is 0 Å². The van der Waals surface area contributed by atoms with Crippen LogP contribution in [0.15, 0.2) is 56.2 Å². The molecule has 0 atom stereocenters. The van der Waals surface area contributed by atoms with Crippen molar-refractivity contribution >= 4 is 11.6 Å². The minimum Gasteiger partial charge on any atom is -0.331 e. The second kappa shape index (κ2) is 7.12. The van der Waals surface area contributed by atoms with Gasteiger partial charge in [0.25, 0.3) is 11.6 Å². The van der Waals surface area contributed by atoms with Gasteiger partial charge in [-0.15, -0.1) is 13.2 Å². The van der Waals surface area contributed by atoms with Gasteiger partial charge in [0.1, 0.15) is 18.3 Å². The second-order valence-corrected chi connectivity index (χ2v) is 4.59. The number of hydrogen-bond donors (Lipinski definition) is 0. The molecule has 0 aliphatic heterocycles. The number of hydrogen-bond acceptors (Lipinski definition) is 5. The monoisotopic (exact) mass is 313 g/mol. The van der Waals surface area contributed by atoms with Crippen LogP contribution in [0.4, 0.5) is 5.69 Å². The Morgan fingerprint density at radius 3 is 2.57 bits per heavy atom. The highest BCUT2D eigenvalue weighted by molar-refractivity contribution is 5.95. The predicted octanol–water partition coefficient (Wildman–Crippen LogP) is 1.99. The summed E-state index contributed by atoms with van der Waals surface area (Å²) < 4.78 is 1.28. The molecule has 0 radical (unpaired) electrons. The SMILES string of the molecule is C=CCN(CC=C)C(=O)c1ccc(-n2cncn2)c([N+](=O)[O-])c1. The molecule has 0 unspecified atom stereocenters. The van der Waals surface area contributed by atoms with Gasteiger partial charge in [0.15, 0.2) is 0 Å². The summed E-state index contributed by atoms with van der Waals surface area (Å²) in [5.41, 5.74) is 0.228. The first-order valence-electron chi connectivity index (χ1n) is 6.73. The van der Waals surface area contributed by atoms with Crippen molar-refractivity contribution in [3.05, 3.63) is 71.8 Å². The van der Waals surface area contributed by atoms with Crippen molar-refractivity contribution in [2.45, 2.75) is 0 Å². The van der Waals surface area contributed by atoms with Crippen LogP contribution < -0.4 is 0 Å². The van der Waals surface area contributed by atoms with E-state index in [2.05, 4.69) is 23.2 Å². The van der Waals surface area contributed by atoms with Crippen LogP contribution in [-0.4, -0.2) is 43.6 Å². The van der Waals surface area contributed by atoms with Gasteiger partial charge in [-0.05, 0) is 12.1 Å². The molecule has 2 aromatic rings. The summed E-state index contributed by atoms with van der Waals surface area (Å²) in [5.74, 6) is -0.335.